The molecule has 0 saturated carbocycles. The van der Waals surface area contributed by atoms with Gasteiger partial charge in [-0.1, -0.05) is 18.3 Å². The first-order chi connectivity index (χ1) is 8.25. The van der Waals surface area contributed by atoms with Crippen LogP contribution in [0.25, 0.3) is 0 Å². The Hall–Kier alpha value is -0.560. The Kier molecular flexibility index (Phi) is 7.27. The molecule has 0 atom stereocenters. The van der Waals surface area contributed by atoms with E-state index < -0.39 is 0 Å². The van der Waals surface area contributed by atoms with Gasteiger partial charge in [-0.05, 0) is 17.5 Å². The van der Waals surface area contributed by atoms with Crippen LogP contribution in [-0.2, 0) is 11.3 Å². The topological polar surface area (TPSA) is 59.1 Å². The third kappa shape index (κ3) is 5.54. The normalized spacial score (nSPS) is 11.3. The molecule has 0 spiro atoms. The van der Waals surface area contributed by atoms with Crippen LogP contribution in [0.4, 0.5) is 0 Å². The van der Waals surface area contributed by atoms with Crippen LogP contribution in [0.2, 0.25) is 0 Å². The highest BCUT2D eigenvalue weighted by molar-refractivity contribution is 7.05. The molecule has 0 bridgehead atoms. The molecule has 0 aliphatic rings. The maximum absolute atomic E-state index is 4.95. The zero-order chi connectivity index (χ0) is 12.5. The van der Waals surface area contributed by atoms with E-state index in [4.69, 9.17) is 4.74 Å². The van der Waals surface area contributed by atoms with Gasteiger partial charge in [-0.2, -0.15) is 0 Å². The predicted octanol–water partition coefficient (Wildman–Crippen LogP) is 0.987. The smallest absolute Gasteiger partial charge is 0.0826 e. The minimum atomic E-state index is 0.449. The average Bonchev–Trinajstić information content (AvgIpc) is 2.76. The molecule has 1 aromatic rings. The minimum Gasteiger partial charge on any atom is -0.383 e. The predicted molar refractivity (Wildman–Crippen MR) is 70.5 cm³/mol. The van der Waals surface area contributed by atoms with Gasteiger partial charge in [-0.25, -0.2) is 0 Å². The lowest BCUT2D eigenvalue weighted by molar-refractivity contribution is 0.199. The van der Waals surface area contributed by atoms with Gasteiger partial charge in [0.1, 0.15) is 0 Å². The number of nitrogens with one attached hydrogen (secondary N) is 2. The summed E-state index contributed by atoms with van der Waals surface area (Å²) in [5.41, 5.74) is 1.12. The van der Waals surface area contributed by atoms with Gasteiger partial charge in [0.2, 0.25) is 0 Å². The van der Waals surface area contributed by atoms with E-state index in [1.54, 1.807) is 7.11 Å². The first-order valence-electron chi connectivity index (χ1n) is 5.97. The van der Waals surface area contributed by atoms with E-state index in [9.17, 15) is 0 Å². The third-order valence-electron chi connectivity index (χ3n) is 2.38. The molecule has 6 heteroatoms. The number of aromatic nitrogens is 2. The fourth-order valence-electron chi connectivity index (χ4n) is 1.45. The van der Waals surface area contributed by atoms with Crippen LogP contribution >= 0.6 is 11.5 Å². The van der Waals surface area contributed by atoms with Gasteiger partial charge in [0.15, 0.2) is 0 Å². The Bertz CT molecular complexity index is 303. The summed E-state index contributed by atoms with van der Waals surface area (Å²) in [6.45, 7) is 8.70. The van der Waals surface area contributed by atoms with Crippen molar-refractivity contribution in [3.63, 3.8) is 0 Å². The summed E-state index contributed by atoms with van der Waals surface area (Å²) < 4.78 is 8.95. The molecule has 1 aromatic heterocycles. The number of hydrogen-bond acceptors (Lipinski definition) is 6. The lowest BCUT2D eigenvalue weighted by atomic mass is 10.1. The highest BCUT2D eigenvalue weighted by Crippen LogP contribution is 2.18. The molecule has 0 unspecified atom stereocenters. The van der Waals surface area contributed by atoms with Crippen molar-refractivity contribution in [2.45, 2.75) is 26.3 Å². The molecule has 0 aliphatic carbocycles. The zero-order valence-corrected chi connectivity index (χ0v) is 11.6. The molecule has 0 saturated heterocycles. The van der Waals surface area contributed by atoms with Crippen molar-refractivity contribution in [3.8, 4) is 0 Å². The molecule has 0 fully saturated rings. The quantitative estimate of drug-likeness (QED) is 0.647. The highest BCUT2D eigenvalue weighted by atomic mass is 32.1. The van der Waals surface area contributed by atoms with Crippen molar-refractivity contribution < 1.29 is 4.74 Å². The van der Waals surface area contributed by atoms with E-state index in [-0.39, 0.29) is 0 Å². The molecule has 98 valence electrons. The summed E-state index contributed by atoms with van der Waals surface area (Å²) in [4.78, 5) is 1.25. The third-order valence-corrected chi connectivity index (χ3v) is 3.12. The standard InChI is InChI=1S/C11H22N4OS/c1-9(2)11-10(17-15-14-11)8-13-5-4-12-6-7-16-3/h9,12-13H,4-8H2,1-3H3. The van der Waals surface area contributed by atoms with Crippen molar-refractivity contribution in [1.29, 1.82) is 0 Å². The second-order valence-corrected chi connectivity index (χ2v) is 4.99. The van der Waals surface area contributed by atoms with E-state index in [0.29, 0.717) is 5.92 Å². The molecule has 5 nitrogen and oxygen atoms in total. The lowest BCUT2D eigenvalue weighted by Gasteiger charge is -2.07. The molecule has 1 rings (SSSR count). The SMILES string of the molecule is COCCNCCNCc1snnc1C(C)C. The number of nitrogens with zero attached hydrogens (tertiary/aromatic N) is 2. The number of hydrogen-bond donors (Lipinski definition) is 2. The van der Waals surface area contributed by atoms with Crippen molar-refractivity contribution >= 4 is 11.5 Å². The molecule has 0 amide bonds. The fourth-order valence-corrected chi connectivity index (χ4v) is 2.22. The molecule has 0 aromatic carbocycles. The van der Waals surface area contributed by atoms with Crippen LogP contribution in [0, 0.1) is 0 Å². The van der Waals surface area contributed by atoms with Gasteiger partial charge in [-0.15, -0.1) is 5.10 Å². The average molecular weight is 258 g/mol. The van der Waals surface area contributed by atoms with Crippen LogP contribution in [-0.4, -0.2) is 42.9 Å². The van der Waals surface area contributed by atoms with Crippen LogP contribution in [0.5, 0.6) is 0 Å². The first kappa shape index (κ1) is 14.5. The summed E-state index contributed by atoms with van der Waals surface area (Å²) in [7, 11) is 1.71. The van der Waals surface area contributed by atoms with Crippen molar-refractivity contribution in [2.75, 3.05) is 33.4 Å². The summed E-state index contributed by atoms with van der Waals surface area (Å²) in [6, 6.07) is 0. The Morgan fingerprint density at radius 3 is 2.71 bits per heavy atom. The van der Waals surface area contributed by atoms with Crippen LogP contribution in [0.15, 0.2) is 0 Å². The lowest BCUT2D eigenvalue weighted by Crippen LogP contribution is -2.29. The molecular weight excluding hydrogens is 236 g/mol. The summed E-state index contributed by atoms with van der Waals surface area (Å²) in [5.74, 6) is 0.449. The highest BCUT2D eigenvalue weighted by Gasteiger charge is 2.10. The minimum absolute atomic E-state index is 0.449. The van der Waals surface area contributed by atoms with Crippen LogP contribution in [0.1, 0.15) is 30.3 Å². The van der Waals surface area contributed by atoms with Gasteiger partial charge in [0, 0.05) is 33.3 Å². The van der Waals surface area contributed by atoms with E-state index in [1.807, 2.05) is 0 Å². The summed E-state index contributed by atoms with van der Waals surface area (Å²) >= 11 is 1.49. The van der Waals surface area contributed by atoms with Crippen LogP contribution < -0.4 is 10.6 Å². The van der Waals surface area contributed by atoms with Crippen molar-refractivity contribution in [1.82, 2.24) is 20.2 Å². The Morgan fingerprint density at radius 1 is 1.24 bits per heavy atom. The maximum Gasteiger partial charge on any atom is 0.0826 e. The van der Waals surface area contributed by atoms with Crippen LogP contribution in [0.3, 0.4) is 0 Å². The molecule has 0 aliphatic heterocycles. The van der Waals surface area contributed by atoms with E-state index in [0.717, 1.165) is 38.5 Å². The molecule has 0 radical (unpaired) electrons. The monoisotopic (exact) mass is 258 g/mol. The van der Waals surface area contributed by atoms with Gasteiger partial charge in [0.05, 0.1) is 17.2 Å². The molecular formula is C11H22N4OS. The largest absolute Gasteiger partial charge is 0.383 e. The number of ether oxygens (including phenoxy) is 1. The van der Waals surface area contributed by atoms with Gasteiger partial charge in [0.25, 0.3) is 0 Å². The molecule has 1 heterocycles. The van der Waals surface area contributed by atoms with E-state index in [2.05, 4.69) is 34.1 Å². The Balaban J connectivity index is 2.11. The van der Waals surface area contributed by atoms with E-state index >= 15 is 0 Å². The molecule has 2 N–H and O–H groups in total. The summed E-state index contributed by atoms with van der Waals surface area (Å²) in [5, 5.41) is 10.8. The van der Waals surface area contributed by atoms with Gasteiger partial charge < -0.3 is 15.4 Å². The van der Waals surface area contributed by atoms with Crippen molar-refractivity contribution in [2.24, 2.45) is 0 Å². The number of methoxy groups -OCH3 is 1. The fraction of sp³-hybridized carbons (Fsp3) is 0.818. The van der Waals surface area contributed by atoms with Crippen molar-refractivity contribution in [3.05, 3.63) is 10.6 Å². The zero-order valence-electron chi connectivity index (χ0n) is 10.8. The molecule has 17 heavy (non-hydrogen) atoms. The Labute approximate surface area is 107 Å². The second kappa shape index (κ2) is 8.52. The Morgan fingerprint density at radius 2 is 2.00 bits per heavy atom. The van der Waals surface area contributed by atoms with Gasteiger partial charge in [-0.3, -0.25) is 0 Å². The van der Waals surface area contributed by atoms with Gasteiger partial charge >= 0.3 is 0 Å². The maximum atomic E-state index is 4.95. The van der Waals surface area contributed by atoms with E-state index in [1.165, 1.54) is 16.4 Å². The first-order valence-corrected chi connectivity index (χ1v) is 6.74. The summed E-state index contributed by atoms with van der Waals surface area (Å²) in [6.07, 6.45) is 0. The number of rotatable bonds is 9. The second-order valence-electron chi connectivity index (χ2n) is 4.16.